The number of carbonyl (C=O) groups is 2. The highest BCUT2D eigenvalue weighted by Gasteiger charge is 2.36. The second-order valence-corrected chi connectivity index (χ2v) is 2.48. The van der Waals surface area contributed by atoms with Crippen molar-refractivity contribution >= 4 is 12.1 Å². The smallest absolute Gasteiger partial charge is 0.408 e. The van der Waals surface area contributed by atoms with Crippen molar-refractivity contribution < 1.29 is 19.1 Å². The van der Waals surface area contributed by atoms with Gasteiger partial charge in [-0.1, -0.05) is 0 Å². The third-order valence-corrected chi connectivity index (χ3v) is 1.58. The van der Waals surface area contributed by atoms with Crippen LogP contribution in [0.2, 0.25) is 0 Å². The molecular formula is C7H11NO4. The zero-order chi connectivity index (χ0) is 9.14. The molecule has 0 aliphatic carbocycles. The summed E-state index contributed by atoms with van der Waals surface area (Å²) in [6.45, 7) is 3.65. The van der Waals surface area contributed by atoms with E-state index in [0.717, 1.165) is 0 Å². The van der Waals surface area contributed by atoms with Gasteiger partial charge in [-0.25, -0.2) is 9.59 Å². The average molecular weight is 173 g/mol. The quantitative estimate of drug-likeness (QED) is 0.599. The van der Waals surface area contributed by atoms with Crippen molar-refractivity contribution in [2.24, 2.45) is 0 Å². The van der Waals surface area contributed by atoms with Crippen LogP contribution >= 0.6 is 0 Å². The topological polar surface area (TPSA) is 64.6 Å². The Bertz CT molecular complexity index is 204. The summed E-state index contributed by atoms with van der Waals surface area (Å²) in [4.78, 5) is 21.7. The summed E-state index contributed by atoms with van der Waals surface area (Å²) in [5, 5.41) is 2.35. The van der Waals surface area contributed by atoms with Crippen molar-refractivity contribution in [2.75, 3.05) is 6.61 Å². The van der Waals surface area contributed by atoms with Crippen molar-refractivity contribution in [2.45, 2.75) is 26.0 Å². The zero-order valence-electron chi connectivity index (χ0n) is 6.99. The van der Waals surface area contributed by atoms with E-state index in [-0.39, 0.29) is 0 Å². The molecule has 0 aromatic heterocycles. The number of carbonyl (C=O) groups excluding carboxylic acids is 2. The highest BCUT2D eigenvalue weighted by atomic mass is 16.6. The molecular weight excluding hydrogens is 162 g/mol. The summed E-state index contributed by atoms with van der Waals surface area (Å²) in [6.07, 6.45) is -1.02. The fourth-order valence-electron chi connectivity index (χ4n) is 0.998. The molecule has 68 valence electrons. The number of rotatable bonds is 2. The molecule has 1 N–H and O–H groups in total. The number of ether oxygens (including phenoxy) is 2. The molecule has 1 rings (SSSR count). The largest absolute Gasteiger partial charge is 0.464 e. The number of cyclic esters (lactones) is 1. The molecule has 1 amide bonds. The molecule has 0 aromatic rings. The van der Waals surface area contributed by atoms with Crippen molar-refractivity contribution in [3.05, 3.63) is 0 Å². The minimum absolute atomic E-state index is 0.303. The van der Waals surface area contributed by atoms with Gasteiger partial charge in [-0.3, -0.25) is 0 Å². The Morgan fingerprint density at radius 2 is 2.42 bits per heavy atom. The van der Waals surface area contributed by atoms with Gasteiger partial charge in [0.25, 0.3) is 0 Å². The summed E-state index contributed by atoms with van der Waals surface area (Å²) in [5.74, 6) is -0.448. The average Bonchev–Trinajstić information content (AvgIpc) is 2.30. The van der Waals surface area contributed by atoms with Gasteiger partial charge >= 0.3 is 12.1 Å². The molecule has 12 heavy (non-hydrogen) atoms. The fraction of sp³-hybridized carbons (Fsp3) is 0.714. The minimum Gasteiger partial charge on any atom is -0.464 e. The van der Waals surface area contributed by atoms with E-state index in [0.29, 0.717) is 6.61 Å². The van der Waals surface area contributed by atoms with E-state index in [1.54, 1.807) is 13.8 Å². The first-order valence-corrected chi connectivity index (χ1v) is 3.79. The lowest BCUT2D eigenvalue weighted by molar-refractivity contribution is -0.146. The van der Waals surface area contributed by atoms with Crippen LogP contribution in [0.25, 0.3) is 0 Å². The normalized spacial score (nSPS) is 27.7. The van der Waals surface area contributed by atoms with E-state index in [4.69, 9.17) is 9.47 Å². The van der Waals surface area contributed by atoms with Gasteiger partial charge in [0.2, 0.25) is 0 Å². The second-order valence-electron chi connectivity index (χ2n) is 2.48. The van der Waals surface area contributed by atoms with Crippen LogP contribution in [0.1, 0.15) is 13.8 Å². The zero-order valence-corrected chi connectivity index (χ0v) is 6.99. The van der Waals surface area contributed by atoms with Crippen molar-refractivity contribution in [1.82, 2.24) is 5.32 Å². The summed E-state index contributed by atoms with van der Waals surface area (Å²) < 4.78 is 9.40. The highest BCUT2D eigenvalue weighted by Crippen LogP contribution is 2.08. The monoisotopic (exact) mass is 173 g/mol. The van der Waals surface area contributed by atoms with Gasteiger partial charge in [-0.15, -0.1) is 0 Å². The van der Waals surface area contributed by atoms with Gasteiger partial charge in [0, 0.05) is 0 Å². The van der Waals surface area contributed by atoms with Crippen LogP contribution in [0.4, 0.5) is 4.79 Å². The van der Waals surface area contributed by atoms with Crippen molar-refractivity contribution in [1.29, 1.82) is 0 Å². The highest BCUT2D eigenvalue weighted by molar-refractivity contribution is 5.84. The molecule has 0 radical (unpaired) electrons. The second kappa shape index (κ2) is 3.42. The molecule has 1 aliphatic rings. The molecule has 0 aromatic carbocycles. The van der Waals surface area contributed by atoms with Crippen LogP contribution in [-0.4, -0.2) is 30.8 Å². The first kappa shape index (κ1) is 8.83. The maximum atomic E-state index is 11.1. The Kier molecular flexibility index (Phi) is 2.52. The van der Waals surface area contributed by atoms with Gasteiger partial charge in [-0.05, 0) is 13.8 Å². The maximum Gasteiger partial charge on any atom is 0.408 e. The Morgan fingerprint density at radius 1 is 1.75 bits per heavy atom. The standard InChI is InChI=1S/C7H11NO4/c1-3-11-6(9)5-4(2)12-7(10)8-5/h4-5H,3H2,1-2H3,(H,8,10)/t4?,5-/m0/s1. The molecule has 1 fully saturated rings. The van der Waals surface area contributed by atoms with E-state index in [1.807, 2.05) is 0 Å². The van der Waals surface area contributed by atoms with E-state index < -0.39 is 24.2 Å². The van der Waals surface area contributed by atoms with E-state index >= 15 is 0 Å². The van der Waals surface area contributed by atoms with Crippen molar-refractivity contribution in [3.63, 3.8) is 0 Å². The number of esters is 1. The molecule has 1 heterocycles. The van der Waals surface area contributed by atoms with Crippen LogP contribution in [0.3, 0.4) is 0 Å². The van der Waals surface area contributed by atoms with E-state index in [9.17, 15) is 9.59 Å². The maximum absolute atomic E-state index is 11.1. The number of alkyl carbamates (subject to hydrolysis) is 1. The molecule has 1 aliphatic heterocycles. The number of hydrogen-bond acceptors (Lipinski definition) is 4. The summed E-state index contributed by atoms with van der Waals surface area (Å²) in [6, 6.07) is -0.655. The van der Waals surface area contributed by atoms with Gasteiger partial charge in [0.15, 0.2) is 6.04 Å². The predicted octanol–water partition coefficient (Wildman–Crippen LogP) is 0.0464. The van der Waals surface area contributed by atoms with Gasteiger partial charge in [0.1, 0.15) is 6.10 Å². The first-order valence-electron chi connectivity index (χ1n) is 3.79. The Morgan fingerprint density at radius 3 is 2.83 bits per heavy atom. The van der Waals surface area contributed by atoms with Crippen LogP contribution in [0.5, 0.6) is 0 Å². The summed E-state index contributed by atoms with van der Waals surface area (Å²) in [7, 11) is 0. The number of amides is 1. The lowest BCUT2D eigenvalue weighted by atomic mass is 10.2. The Balaban J connectivity index is 2.52. The SMILES string of the molecule is CCOC(=O)[C@H]1NC(=O)OC1C. The first-order chi connectivity index (χ1) is 5.65. The fourth-order valence-corrected chi connectivity index (χ4v) is 0.998. The Hall–Kier alpha value is -1.26. The molecule has 0 saturated carbocycles. The summed E-state index contributed by atoms with van der Waals surface area (Å²) in [5.41, 5.74) is 0. The van der Waals surface area contributed by atoms with E-state index in [2.05, 4.69) is 5.32 Å². The number of nitrogens with one attached hydrogen (secondary N) is 1. The number of hydrogen-bond donors (Lipinski definition) is 1. The molecule has 0 bridgehead atoms. The Labute approximate surface area is 70.0 Å². The molecule has 5 nitrogen and oxygen atoms in total. The minimum atomic E-state index is -0.655. The van der Waals surface area contributed by atoms with Crippen LogP contribution in [0, 0.1) is 0 Å². The third-order valence-electron chi connectivity index (χ3n) is 1.58. The third kappa shape index (κ3) is 1.66. The van der Waals surface area contributed by atoms with Crippen LogP contribution < -0.4 is 5.32 Å². The van der Waals surface area contributed by atoms with Gasteiger partial charge < -0.3 is 14.8 Å². The van der Waals surface area contributed by atoms with Crippen molar-refractivity contribution in [3.8, 4) is 0 Å². The van der Waals surface area contributed by atoms with Crippen LogP contribution in [-0.2, 0) is 14.3 Å². The summed E-state index contributed by atoms with van der Waals surface area (Å²) >= 11 is 0. The lowest BCUT2D eigenvalue weighted by Gasteiger charge is -2.10. The molecule has 5 heteroatoms. The van der Waals surface area contributed by atoms with E-state index in [1.165, 1.54) is 0 Å². The van der Waals surface area contributed by atoms with Gasteiger partial charge in [-0.2, -0.15) is 0 Å². The van der Waals surface area contributed by atoms with Gasteiger partial charge in [0.05, 0.1) is 6.61 Å². The molecule has 1 saturated heterocycles. The lowest BCUT2D eigenvalue weighted by Crippen LogP contribution is -2.39. The molecule has 2 atom stereocenters. The van der Waals surface area contributed by atoms with Crippen LogP contribution in [0.15, 0.2) is 0 Å². The predicted molar refractivity (Wildman–Crippen MR) is 39.5 cm³/mol. The molecule has 1 unspecified atom stereocenters. The molecule has 0 spiro atoms.